The monoisotopic (exact) mass is 776 g/mol. The molecule has 4 nitrogen and oxygen atoms in total. The van der Waals surface area contributed by atoms with Gasteiger partial charge in [0.05, 0.1) is 33.8 Å². The summed E-state index contributed by atoms with van der Waals surface area (Å²) in [5, 5.41) is 2.50. The van der Waals surface area contributed by atoms with Crippen LogP contribution in [0, 0.1) is 70.1 Å². The molecule has 1 aliphatic heterocycles. The molecule has 0 radical (unpaired) electrons. The molecule has 294 valence electrons. The summed E-state index contributed by atoms with van der Waals surface area (Å²) in [5.74, 6) is -9.81. The summed E-state index contributed by atoms with van der Waals surface area (Å²) in [6, 6.07) is 12.5. The predicted octanol–water partition coefficient (Wildman–Crippen LogP) is 12.0. The predicted molar refractivity (Wildman–Crippen MR) is 194 cm³/mol. The van der Waals surface area contributed by atoms with E-state index in [0.29, 0.717) is 61.3 Å². The molecule has 0 fully saturated rings. The van der Waals surface area contributed by atoms with Crippen LogP contribution in [0.15, 0.2) is 77.3 Å². The zero-order chi connectivity index (χ0) is 41.1. The number of hydrogen-bond acceptors (Lipinski definition) is 3. The fourth-order valence-corrected chi connectivity index (χ4v) is 5.58. The van der Waals surface area contributed by atoms with Crippen LogP contribution >= 0.6 is 0 Å². The van der Waals surface area contributed by atoms with E-state index < -0.39 is 63.7 Å². The van der Waals surface area contributed by atoms with Crippen molar-refractivity contribution in [3.63, 3.8) is 0 Å². The number of halogens is 9. The fourth-order valence-electron chi connectivity index (χ4n) is 5.58. The van der Waals surface area contributed by atoms with Gasteiger partial charge < -0.3 is 5.32 Å². The van der Waals surface area contributed by atoms with Crippen LogP contribution in [0.5, 0.6) is 0 Å². The van der Waals surface area contributed by atoms with E-state index in [2.05, 4.69) is 10.3 Å². The molecular formula is C42H41F9N2O2. The zero-order valence-corrected chi connectivity index (χ0v) is 31.1. The van der Waals surface area contributed by atoms with Gasteiger partial charge in [0.15, 0.2) is 5.78 Å². The number of ketones is 1. The van der Waals surface area contributed by atoms with E-state index in [1.54, 1.807) is 38.1 Å². The number of carbonyl (C=O) groups excluding carboxylic acids is 2. The molecule has 4 aromatic carbocycles. The Kier molecular flexibility index (Phi) is 16.0. The highest BCUT2D eigenvalue weighted by Crippen LogP contribution is 2.32. The molecule has 0 aromatic heterocycles. The van der Waals surface area contributed by atoms with Crippen LogP contribution in [0.4, 0.5) is 45.2 Å². The fraction of sp³-hybridized carbons (Fsp3) is 0.310. The van der Waals surface area contributed by atoms with Crippen LogP contribution in [-0.2, 0) is 4.79 Å². The maximum absolute atomic E-state index is 14.0. The first kappa shape index (κ1) is 44.2. The van der Waals surface area contributed by atoms with Crippen molar-refractivity contribution in [1.29, 1.82) is 0 Å². The second kappa shape index (κ2) is 19.9. The van der Waals surface area contributed by atoms with Gasteiger partial charge in [-0.3, -0.25) is 14.6 Å². The Morgan fingerprint density at radius 1 is 0.618 bits per heavy atom. The van der Waals surface area contributed by atoms with E-state index in [1.165, 1.54) is 0 Å². The molecule has 1 aliphatic rings. The minimum atomic E-state index is -1.14. The van der Waals surface area contributed by atoms with Crippen molar-refractivity contribution in [3.8, 4) is 0 Å². The van der Waals surface area contributed by atoms with E-state index in [1.807, 2.05) is 33.8 Å². The van der Waals surface area contributed by atoms with Gasteiger partial charge in [-0.05, 0) is 48.3 Å². The van der Waals surface area contributed by atoms with Crippen molar-refractivity contribution in [1.82, 2.24) is 5.32 Å². The van der Waals surface area contributed by atoms with Crippen LogP contribution in [-0.4, -0.2) is 17.4 Å². The Labute approximate surface area is 314 Å². The highest BCUT2D eigenvalue weighted by Gasteiger charge is 2.26. The van der Waals surface area contributed by atoms with Crippen LogP contribution in [0.3, 0.4) is 0 Å². The summed E-state index contributed by atoms with van der Waals surface area (Å²) in [6.45, 7) is 11.1. The first-order chi connectivity index (χ1) is 25.8. The van der Waals surface area contributed by atoms with E-state index in [-0.39, 0.29) is 52.6 Å². The summed E-state index contributed by atoms with van der Waals surface area (Å²) < 4.78 is 120. The Morgan fingerprint density at radius 2 is 1.05 bits per heavy atom. The largest absolute Gasteiger partial charge is 0.325 e. The third-order valence-corrected chi connectivity index (χ3v) is 7.96. The number of benzene rings is 4. The van der Waals surface area contributed by atoms with Gasteiger partial charge in [-0.15, -0.1) is 0 Å². The van der Waals surface area contributed by atoms with Crippen LogP contribution in [0.1, 0.15) is 88.7 Å². The Morgan fingerprint density at radius 3 is 1.49 bits per heavy atom. The number of para-hydroxylation sites is 1. The maximum atomic E-state index is 14.0. The molecule has 0 spiro atoms. The van der Waals surface area contributed by atoms with Crippen molar-refractivity contribution in [2.75, 3.05) is 0 Å². The highest BCUT2D eigenvalue weighted by molar-refractivity contribution is 6.02. The molecule has 0 bridgehead atoms. The van der Waals surface area contributed by atoms with Gasteiger partial charge in [-0.25, -0.2) is 39.5 Å². The quantitative estimate of drug-likeness (QED) is 0.105. The lowest BCUT2D eigenvalue weighted by molar-refractivity contribution is -0.120. The molecule has 13 heteroatoms. The zero-order valence-electron chi connectivity index (χ0n) is 31.1. The van der Waals surface area contributed by atoms with Crippen molar-refractivity contribution in [2.45, 2.75) is 67.2 Å². The average molecular weight is 777 g/mol. The lowest BCUT2D eigenvalue weighted by Crippen LogP contribution is -2.29. The molecule has 0 aliphatic carbocycles. The van der Waals surface area contributed by atoms with Gasteiger partial charge in [0.25, 0.3) is 0 Å². The normalized spacial score (nSPS) is 13.1. The number of nitrogens with zero attached hydrogens (tertiary/aromatic N) is 1. The first-order valence-electron chi connectivity index (χ1n) is 17.4. The van der Waals surface area contributed by atoms with Crippen molar-refractivity contribution in [2.24, 2.45) is 22.7 Å². The van der Waals surface area contributed by atoms with Crippen molar-refractivity contribution >= 4 is 28.8 Å². The van der Waals surface area contributed by atoms with E-state index >= 15 is 0 Å². The van der Waals surface area contributed by atoms with E-state index in [9.17, 15) is 49.1 Å². The molecule has 0 atom stereocenters. The minimum absolute atomic E-state index is 0.00125. The van der Waals surface area contributed by atoms with Crippen LogP contribution in [0.25, 0.3) is 5.70 Å². The smallest absolute Gasteiger partial charge is 0.224 e. The van der Waals surface area contributed by atoms with Gasteiger partial charge in [0.1, 0.15) is 52.4 Å². The lowest BCUT2D eigenvalue weighted by atomic mass is 9.90. The molecule has 5 rings (SSSR count). The van der Waals surface area contributed by atoms with E-state index in [4.69, 9.17) is 0 Å². The Balaban J connectivity index is 0.000000225. The molecule has 0 saturated carbocycles. The summed E-state index contributed by atoms with van der Waals surface area (Å²) in [7, 11) is 0. The summed E-state index contributed by atoms with van der Waals surface area (Å²) in [6.07, 6.45) is 1.18. The second-order valence-electron chi connectivity index (χ2n) is 13.8. The SMILES string of the molecule is CC(C)C1=C(c2c(F)cc(F)cc2F)NC(=O)CC1.CC(C)CC(=Nc1ccccc1)c1c(F)cc(F)cc1F.CC(C)CC(=O)c1c(F)cc(F)cc1F. The number of hydrogen-bond donors (Lipinski definition) is 1. The maximum Gasteiger partial charge on any atom is 0.224 e. The Bertz CT molecular complexity index is 1990. The molecule has 0 unspecified atom stereocenters. The highest BCUT2D eigenvalue weighted by atomic mass is 19.2. The molecule has 4 aromatic rings. The number of nitrogens with one attached hydrogen (secondary N) is 1. The summed E-state index contributed by atoms with van der Waals surface area (Å²) in [4.78, 5) is 27.2. The third kappa shape index (κ3) is 12.7. The lowest BCUT2D eigenvalue weighted by Gasteiger charge is -2.24. The minimum Gasteiger partial charge on any atom is -0.325 e. The number of allylic oxidation sites excluding steroid dienone is 1. The van der Waals surface area contributed by atoms with Crippen LogP contribution in [0.2, 0.25) is 0 Å². The van der Waals surface area contributed by atoms with Crippen LogP contribution < -0.4 is 5.32 Å². The number of amides is 1. The molecular weight excluding hydrogens is 735 g/mol. The molecule has 1 N–H and O–H groups in total. The summed E-state index contributed by atoms with van der Waals surface area (Å²) in [5.41, 5.74) is 0.532. The number of carbonyl (C=O) groups is 2. The topological polar surface area (TPSA) is 58.5 Å². The number of aliphatic imine (C=N–C) groups is 1. The molecule has 1 amide bonds. The van der Waals surface area contributed by atoms with Crippen molar-refractivity contribution < 1.29 is 49.1 Å². The van der Waals surface area contributed by atoms with Gasteiger partial charge in [0.2, 0.25) is 5.91 Å². The molecule has 55 heavy (non-hydrogen) atoms. The first-order valence-corrected chi connectivity index (χ1v) is 17.4. The molecule has 1 heterocycles. The summed E-state index contributed by atoms with van der Waals surface area (Å²) >= 11 is 0. The Hall–Kier alpha value is -5.20. The van der Waals surface area contributed by atoms with Crippen molar-refractivity contribution in [3.05, 3.63) is 141 Å². The van der Waals surface area contributed by atoms with Gasteiger partial charge in [0, 0.05) is 49.2 Å². The van der Waals surface area contributed by atoms with Gasteiger partial charge in [-0.2, -0.15) is 0 Å². The average Bonchev–Trinajstić information content (AvgIpc) is 3.04. The number of Topliss-reactive ketones (excluding diaryl/α,β-unsaturated/α-hetero) is 1. The second-order valence-corrected chi connectivity index (χ2v) is 13.8. The molecule has 0 saturated heterocycles. The van der Waals surface area contributed by atoms with Gasteiger partial charge >= 0.3 is 0 Å². The number of rotatable bonds is 9. The standard InChI is InChI=1S/C17H16F3N.C14H14F3NO.C11H11F3O/c1-11(2)8-16(21-13-6-4-3-5-7-13)17-14(19)9-12(18)10-15(17)20;1-7(2)9-3-4-12(19)18-14(9)13-10(16)5-8(15)6-11(13)17;1-6(2)3-10(15)11-8(13)4-7(12)5-9(11)14/h3-7,9-11H,8H2,1-2H3;5-7H,3-4H2,1-2H3,(H,18,19);4-6H,3H2,1-2H3. The third-order valence-electron chi connectivity index (χ3n) is 7.96. The van der Waals surface area contributed by atoms with E-state index in [0.717, 1.165) is 5.57 Å². The van der Waals surface area contributed by atoms with Gasteiger partial charge in [-0.1, -0.05) is 59.7 Å².